The van der Waals surface area contributed by atoms with Crippen LogP contribution >= 0.6 is 0 Å². The Balaban J connectivity index is 1.94. The minimum Gasteiger partial charge on any atom is -0.497 e. The Morgan fingerprint density at radius 2 is 1.46 bits per heavy atom. The van der Waals surface area contributed by atoms with Crippen LogP contribution in [-0.2, 0) is 24.4 Å². The van der Waals surface area contributed by atoms with Gasteiger partial charge in [0.15, 0.2) is 0 Å². The molecule has 182 valence electrons. The maximum absolute atomic E-state index is 13.6. The Labute approximate surface area is 202 Å². The number of benzene rings is 2. The highest BCUT2D eigenvalue weighted by Crippen LogP contribution is 2.45. The van der Waals surface area contributed by atoms with Gasteiger partial charge >= 0.3 is 5.69 Å². The summed E-state index contributed by atoms with van der Waals surface area (Å²) in [6.07, 6.45) is -0.471. The fourth-order valence-corrected chi connectivity index (χ4v) is 5.05. The zero-order valence-corrected chi connectivity index (χ0v) is 20.8. The van der Waals surface area contributed by atoms with Crippen molar-refractivity contribution in [3.8, 4) is 22.8 Å². The molecular weight excluding hydrogens is 446 g/mol. The Morgan fingerprint density at radius 1 is 0.886 bits per heavy atom. The molecule has 1 atom stereocenters. The van der Waals surface area contributed by atoms with Crippen molar-refractivity contribution in [1.82, 2.24) is 13.7 Å². The molecule has 8 nitrogen and oxygen atoms in total. The van der Waals surface area contributed by atoms with Gasteiger partial charge in [-0.25, -0.2) is 4.79 Å². The summed E-state index contributed by atoms with van der Waals surface area (Å²) in [6, 6.07) is 15.3. The summed E-state index contributed by atoms with van der Waals surface area (Å²) in [5, 5.41) is 0.492. The molecule has 5 rings (SSSR count). The zero-order chi connectivity index (χ0) is 25.1. The molecule has 2 aromatic heterocycles. The van der Waals surface area contributed by atoms with Crippen molar-refractivity contribution in [3.63, 3.8) is 0 Å². The number of aryl methyl sites for hydroxylation is 1. The van der Waals surface area contributed by atoms with Crippen LogP contribution in [0.25, 0.3) is 22.2 Å². The topological polar surface area (TPSA) is 76.6 Å². The molecule has 8 heteroatoms. The number of aromatic nitrogens is 3. The molecule has 0 spiro atoms. The SMILES string of the molecule is COc1ccc(-c2c3c(=O)n(C)c(=O)n(C)c3c3n2C(C)(C)CO[C@H]3c2ccc(OC)cc2)cc1. The smallest absolute Gasteiger partial charge is 0.331 e. The number of hydrogen-bond acceptors (Lipinski definition) is 5. The first-order chi connectivity index (χ1) is 16.7. The minimum atomic E-state index is -0.479. The molecule has 0 saturated carbocycles. The van der Waals surface area contributed by atoms with Gasteiger partial charge in [-0.05, 0) is 61.4 Å². The van der Waals surface area contributed by atoms with Gasteiger partial charge in [0.1, 0.15) is 17.6 Å². The quantitative estimate of drug-likeness (QED) is 0.451. The molecule has 0 bridgehead atoms. The number of methoxy groups -OCH3 is 2. The van der Waals surface area contributed by atoms with Crippen molar-refractivity contribution < 1.29 is 14.2 Å². The molecule has 0 amide bonds. The van der Waals surface area contributed by atoms with E-state index in [1.807, 2.05) is 48.5 Å². The van der Waals surface area contributed by atoms with Crippen LogP contribution in [0, 0.1) is 0 Å². The van der Waals surface area contributed by atoms with Crippen LogP contribution in [0.4, 0.5) is 0 Å². The lowest BCUT2D eigenvalue weighted by atomic mass is 9.98. The second-order valence-corrected chi connectivity index (χ2v) is 9.50. The summed E-state index contributed by atoms with van der Waals surface area (Å²) < 4.78 is 22.0. The van der Waals surface area contributed by atoms with E-state index in [0.717, 1.165) is 38.6 Å². The maximum atomic E-state index is 13.6. The molecule has 0 aliphatic carbocycles. The predicted molar refractivity (Wildman–Crippen MR) is 135 cm³/mol. The fraction of sp³-hybridized carbons (Fsp3) is 0.333. The van der Waals surface area contributed by atoms with Gasteiger partial charge in [0.2, 0.25) is 0 Å². The Kier molecular flexibility index (Phi) is 5.36. The maximum Gasteiger partial charge on any atom is 0.331 e. The van der Waals surface area contributed by atoms with E-state index >= 15 is 0 Å². The van der Waals surface area contributed by atoms with Crippen LogP contribution in [0.1, 0.15) is 31.2 Å². The highest BCUT2D eigenvalue weighted by Gasteiger charge is 2.40. The average Bonchev–Trinajstić information content (AvgIpc) is 3.24. The Bertz CT molecular complexity index is 1540. The van der Waals surface area contributed by atoms with Crippen LogP contribution in [0.2, 0.25) is 0 Å². The highest BCUT2D eigenvalue weighted by molar-refractivity contribution is 5.97. The van der Waals surface area contributed by atoms with Gasteiger partial charge in [-0.15, -0.1) is 0 Å². The number of hydrogen-bond donors (Lipinski definition) is 0. The van der Waals surface area contributed by atoms with E-state index in [-0.39, 0.29) is 11.2 Å². The van der Waals surface area contributed by atoms with E-state index in [2.05, 4.69) is 18.4 Å². The number of rotatable bonds is 4. The normalized spacial score (nSPS) is 16.8. The highest BCUT2D eigenvalue weighted by atomic mass is 16.5. The predicted octanol–water partition coefficient (Wildman–Crippen LogP) is 3.58. The van der Waals surface area contributed by atoms with Crippen molar-refractivity contribution in [2.24, 2.45) is 14.1 Å². The minimum absolute atomic E-state index is 0.333. The van der Waals surface area contributed by atoms with Gasteiger partial charge < -0.3 is 18.8 Å². The van der Waals surface area contributed by atoms with E-state index in [1.54, 1.807) is 25.8 Å². The van der Waals surface area contributed by atoms with Crippen molar-refractivity contribution in [1.29, 1.82) is 0 Å². The summed E-state index contributed by atoms with van der Waals surface area (Å²) in [6.45, 7) is 4.58. The zero-order valence-electron chi connectivity index (χ0n) is 20.8. The molecular formula is C27H29N3O5. The lowest BCUT2D eigenvalue weighted by Gasteiger charge is -2.39. The summed E-state index contributed by atoms with van der Waals surface area (Å²) in [4.78, 5) is 26.7. The first-order valence-electron chi connectivity index (χ1n) is 11.4. The van der Waals surface area contributed by atoms with E-state index in [4.69, 9.17) is 14.2 Å². The molecule has 35 heavy (non-hydrogen) atoms. The lowest BCUT2D eigenvalue weighted by Crippen LogP contribution is -2.40. The molecule has 1 aliphatic heterocycles. The van der Waals surface area contributed by atoms with Gasteiger partial charge in [-0.3, -0.25) is 13.9 Å². The van der Waals surface area contributed by atoms with Gasteiger partial charge in [-0.1, -0.05) is 12.1 Å². The third-order valence-corrected chi connectivity index (χ3v) is 6.85. The summed E-state index contributed by atoms with van der Waals surface area (Å²) in [7, 11) is 6.46. The van der Waals surface area contributed by atoms with Crippen LogP contribution < -0.4 is 20.7 Å². The third kappa shape index (κ3) is 3.39. The Morgan fingerprint density at radius 3 is 2.03 bits per heavy atom. The molecule has 0 N–H and O–H groups in total. The summed E-state index contributed by atoms with van der Waals surface area (Å²) >= 11 is 0. The van der Waals surface area contributed by atoms with E-state index < -0.39 is 11.6 Å². The monoisotopic (exact) mass is 475 g/mol. The van der Waals surface area contributed by atoms with Crippen LogP contribution in [0.5, 0.6) is 11.5 Å². The van der Waals surface area contributed by atoms with Crippen molar-refractivity contribution in [3.05, 3.63) is 80.6 Å². The summed E-state index contributed by atoms with van der Waals surface area (Å²) in [5.41, 5.74) is 2.71. The van der Waals surface area contributed by atoms with Crippen molar-refractivity contribution in [2.75, 3.05) is 20.8 Å². The average molecular weight is 476 g/mol. The van der Waals surface area contributed by atoms with Gasteiger partial charge in [0, 0.05) is 14.1 Å². The second kappa shape index (κ2) is 8.16. The second-order valence-electron chi connectivity index (χ2n) is 9.50. The molecule has 1 aliphatic rings. The first kappa shape index (κ1) is 23.0. The molecule has 0 saturated heterocycles. The molecule has 4 aromatic rings. The third-order valence-electron chi connectivity index (χ3n) is 6.85. The fourth-order valence-electron chi connectivity index (χ4n) is 5.05. The number of ether oxygens (including phenoxy) is 3. The molecule has 0 unspecified atom stereocenters. The number of nitrogens with zero attached hydrogens (tertiary/aromatic N) is 3. The van der Waals surface area contributed by atoms with Crippen LogP contribution in [-0.4, -0.2) is 34.5 Å². The van der Waals surface area contributed by atoms with Crippen LogP contribution in [0.15, 0.2) is 58.1 Å². The van der Waals surface area contributed by atoms with Gasteiger partial charge in [0.05, 0.1) is 48.7 Å². The first-order valence-corrected chi connectivity index (χ1v) is 11.4. The van der Waals surface area contributed by atoms with E-state index in [0.29, 0.717) is 17.5 Å². The van der Waals surface area contributed by atoms with Crippen molar-refractivity contribution >= 4 is 10.9 Å². The van der Waals surface area contributed by atoms with E-state index in [9.17, 15) is 9.59 Å². The summed E-state index contributed by atoms with van der Waals surface area (Å²) in [5.74, 6) is 1.47. The largest absolute Gasteiger partial charge is 0.497 e. The molecule has 0 fully saturated rings. The lowest BCUT2D eigenvalue weighted by molar-refractivity contribution is -0.00708. The Hall–Kier alpha value is -3.78. The van der Waals surface area contributed by atoms with Gasteiger partial charge in [0.25, 0.3) is 5.56 Å². The van der Waals surface area contributed by atoms with Crippen molar-refractivity contribution in [2.45, 2.75) is 25.5 Å². The standard InChI is InChI=1S/C27H29N3O5/c1-27(2)15-35-24(17-9-13-19(34-6)14-10-17)23-22-20(25(31)29(4)26(32)28(22)3)21(30(23)27)16-7-11-18(33-5)12-8-16/h7-14,24H,15H2,1-6H3/t24-/m0/s1. The van der Waals surface area contributed by atoms with E-state index in [1.165, 1.54) is 7.05 Å². The molecule has 0 radical (unpaired) electrons. The number of fused-ring (bicyclic) bond motifs is 3. The van der Waals surface area contributed by atoms with Crippen LogP contribution in [0.3, 0.4) is 0 Å². The van der Waals surface area contributed by atoms with Gasteiger partial charge in [-0.2, -0.15) is 0 Å². The molecule has 3 heterocycles. The molecule has 2 aromatic carbocycles.